The van der Waals surface area contributed by atoms with Gasteiger partial charge in [-0.25, -0.2) is 22.0 Å². The van der Waals surface area contributed by atoms with Crippen molar-refractivity contribution in [3.05, 3.63) is 30.0 Å². The first-order chi connectivity index (χ1) is 8.75. The Morgan fingerprint density at radius 1 is 0.895 bits per heavy atom. The molecule has 4 N–H and O–H groups in total. The fourth-order valence-corrected chi connectivity index (χ4v) is 2.94. The zero-order valence-electron chi connectivity index (χ0n) is 9.44. The van der Waals surface area contributed by atoms with Crippen LogP contribution in [0.5, 0.6) is 0 Å². The van der Waals surface area contributed by atoms with Gasteiger partial charge in [0.15, 0.2) is 0 Å². The van der Waals surface area contributed by atoms with Crippen LogP contribution < -0.4 is 10.9 Å². The van der Waals surface area contributed by atoms with Crippen LogP contribution in [0.3, 0.4) is 0 Å². The van der Waals surface area contributed by atoms with E-state index in [0.717, 1.165) is 12.1 Å². The first kappa shape index (κ1) is 13.8. The lowest BCUT2D eigenvalue weighted by Gasteiger charge is -1.96. The van der Waals surface area contributed by atoms with Gasteiger partial charge in [-0.05, 0) is 24.3 Å². The predicted octanol–water partition coefficient (Wildman–Crippen LogP) is -0.188. The highest BCUT2D eigenvalue weighted by Gasteiger charge is 2.27. The molecule has 0 atom stereocenters. The van der Waals surface area contributed by atoms with Crippen molar-refractivity contribution in [2.75, 3.05) is 0 Å². The Morgan fingerprint density at radius 3 is 1.89 bits per heavy atom. The number of primary sulfonamides is 1. The molecule has 0 spiro atoms. The molecule has 104 valence electrons. The number of rotatable bonds is 4. The van der Waals surface area contributed by atoms with Gasteiger partial charge in [0.2, 0.25) is 15.3 Å². The van der Waals surface area contributed by atoms with E-state index in [1.165, 1.54) is 12.1 Å². The van der Waals surface area contributed by atoms with E-state index < -0.39 is 30.0 Å². The van der Waals surface area contributed by atoms with E-state index in [0.29, 0.717) is 0 Å². The Bertz CT molecular complexity index is 799. The minimum absolute atomic E-state index is 0.0378. The van der Waals surface area contributed by atoms with Crippen molar-refractivity contribution < 1.29 is 25.7 Å². The quantitative estimate of drug-likeness (QED) is 0.795. The number of furan rings is 2. The van der Waals surface area contributed by atoms with Gasteiger partial charge in [0.05, 0.1) is 6.54 Å². The van der Waals surface area contributed by atoms with Gasteiger partial charge in [-0.2, -0.15) is 0 Å². The molecule has 2 aromatic heterocycles. The lowest BCUT2D eigenvalue weighted by molar-refractivity contribution is 0.359. The second kappa shape index (κ2) is 4.49. The smallest absolute Gasteiger partial charge is 0.272 e. The van der Waals surface area contributed by atoms with Gasteiger partial charge in [0.25, 0.3) is 19.9 Å². The summed E-state index contributed by atoms with van der Waals surface area (Å²) in [6.07, 6.45) is 0. The topological polar surface area (TPSA) is 147 Å². The second-order valence-electron chi connectivity index (χ2n) is 3.55. The molecule has 0 aliphatic rings. The van der Waals surface area contributed by atoms with Gasteiger partial charge in [0.1, 0.15) is 5.76 Å². The molecule has 0 amide bonds. The second-order valence-corrected chi connectivity index (χ2v) is 6.85. The van der Waals surface area contributed by atoms with E-state index in [4.69, 9.17) is 19.7 Å². The van der Waals surface area contributed by atoms with E-state index in [1.54, 1.807) is 0 Å². The molecule has 0 radical (unpaired) electrons. The van der Waals surface area contributed by atoms with E-state index >= 15 is 0 Å². The first-order valence-corrected chi connectivity index (χ1v) is 7.94. The van der Waals surface area contributed by atoms with Crippen LogP contribution in [-0.2, 0) is 26.4 Å². The SMILES string of the molecule is NCc1ccc(S(=O)(=O)c2ccc(S(N)(=O)=O)o2)o1. The van der Waals surface area contributed by atoms with E-state index in [9.17, 15) is 16.8 Å². The molecule has 0 bridgehead atoms. The minimum Gasteiger partial charge on any atom is -0.448 e. The van der Waals surface area contributed by atoms with Crippen LogP contribution in [0.15, 0.2) is 48.4 Å². The van der Waals surface area contributed by atoms with Crippen LogP contribution in [0.4, 0.5) is 0 Å². The number of hydrogen-bond acceptors (Lipinski definition) is 7. The van der Waals surface area contributed by atoms with Crippen LogP contribution in [0.1, 0.15) is 5.76 Å². The third-order valence-electron chi connectivity index (χ3n) is 2.21. The van der Waals surface area contributed by atoms with Crippen molar-refractivity contribution in [3.8, 4) is 0 Å². The summed E-state index contributed by atoms with van der Waals surface area (Å²) in [6, 6.07) is 4.54. The van der Waals surface area contributed by atoms with Crippen LogP contribution in [0, 0.1) is 0 Å². The lowest BCUT2D eigenvalue weighted by atomic mass is 10.5. The lowest BCUT2D eigenvalue weighted by Crippen LogP contribution is -2.11. The molecule has 0 aromatic carbocycles. The van der Waals surface area contributed by atoms with Crippen molar-refractivity contribution in [2.24, 2.45) is 10.9 Å². The van der Waals surface area contributed by atoms with E-state index in [2.05, 4.69) is 0 Å². The molecule has 0 aliphatic heterocycles. The highest BCUT2D eigenvalue weighted by molar-refractivity contribution is 7.91. The molecule has 2 aromatic rings. The van der Waals surface area contributed by atoms with Gasteiger partial charge < -0.3 is 14.6 Å². The molecule has 2 heterocycles. The van der Waals surface area contributed by atoms with Crippen molar-refractivity contribution in [1.29, 1.82) is 0 Å². The average molecular weight is 306 g/mol. The molecule has 8 nitrogen and oxygen atoms in total. The van der Waals surface area contributed by atoms with Crippen molar-refractivity contribution in [2.45, 2.75) is 21.8 Å². The molecule has 0 fully saturated rings. The monoisotopic (exact) mass is 306 g/mol. The summed E-state index contributed by atoms with van der Waals surface area (Å²) in [7, 11) is -8.18. The normalized spacial score (nSPS) is 12.7. The third-order valence-corrected chi connectivity index (χ3v) is 4.48. The van der Waals surface area contributed by atoms with Gasteiger partial charge in [-0.1, -0.05) is 0 Å². The fraction of sp³-hybridized carbons (Fsp3) is 0.111. The highest BCUT2D eigenvalue weighted by atomic mass is 32.2. The van der Waals surface area contributed by atoms with E-state index in [1.807, 2.05) is 0 Å². The number of sulfonamides is 1. The van der Waals surface area contributed by atoms with Gasteiger partial charge >= 0.3 is 0 Å². The number of nitrogens with two attached hydrogens (primary N) is 2. The maximum Gasteiger partial charge on any atom is 0.272 e. The summed E-state index contributed by atoms with van der Waals surface area (Å²) < 4.78 is 55.8. The first-order valence-electron chi connectivity index (χ1n) is 4.91. The van der Waals surface area contributed by atoms with Crippen LogP contribution in [-0.4, -0.2) is 16.8 Å². The Morgan fingerprint density at radius 2 is 1.42 bits per heavy atom. The molecule has 0 saturated heterocycles. The van der Waals surface area contributed by atoms with E-state index in [-0.39, 0.29) is 17.4 Å². The summed E-state index contributed by atoms with van der Waals surface area (Å²) >= 11 is 0. The summed E-state index contributed by atoms with van der Waals surface area (Å²) in [5, 5.41) is 3.22. The summed E-state index contributed by atoms with van der Waals surface area (Å²) in [4.78, 5) is 0. The summed E-state index contributed by atoms with van der Waals surface area (Å²) in [5.41, 5.74) is 5.30. The molecular weight excluding hydrogens is 296 g/mol. The zero-order chi connectivity index (χ0) is 14.3. The Labute approximate surface area is 109 Å². The molecule has 2 rings (SSSR count). The molecule has 19 heavy (non-hydrogen) atoms. The number of hydrogen-bond donors (Lipinski definition) is 2. The summed E-state index contributed by atoms with van der Waals surface area (Å²) in [5.74, 6) is 0.275. The molecular formula is C9H10N2O6S2. The van der Waals surface area contributed by atoms with Gasteiger partial charge in [-0.3, -0.25) is 0 Å². The zero-order valence-corrected chi connectivity index (χ0v) is 11.1. The Kier molecular flexibility index (Phi) is 3.26. The Balaban J connectivity index is 2.48. The molecule has 10 heteroatoms. The van der Waals surface area contributed by atoms with Gasteiger partial charge in [0, 0.05) is 0 Å². The maximum atomic E-state index is 12.0. The third kappa shape index (κ3) is 2.56. The maximum absolute atomic E-state index is 12.0. The molecule has 0 unspecified atom stereocenters. The summed E-state index contributed by atoms with van der Waals surface area (Å²) in [6.45, 7) is 0.0378. The largest absolute Gasteiger partial charge is 0.448 e. The predicted molar refractivity (Wildman–Crippen MR) is 62.1 cm³/mol. The van der Waals surface area contributed by atoms with Gasteiger partial charge in [-0.15, -0.1) is 0 Å². The van der Waals surface area contributed by atoms with Crippen molar-refractivity contribution in [3.63, 3.8) is 0 Å². The molecule has 0 aliphatic carbocycles. The fourth-order valence-electron chi connectivity index (χ4n) is 1.31. The molecule has 0 saturated carbocycles. The minimum atomic E-state index is -4.11. The Hall–Kier alpha value is -1.62. The van der Waals surface area contributed by atoms with Crippen LogP contribution in [0.2, 0.25) is 0 Å². The van der Waals surface area contributed by atoms with Crippen molar-refractivity contribution >= 4 is 19.9 Å². The van der Waals surface area contributed by atoms with Crippen LogP contribution in [0.25, 0.3) is 0 Å². The standard InChI is InChI=1S/C9H10N2O6S2/c10-5-6-1-2-7(16-6)18(12,13)8-3-4-9(17-8)19(11,14)15/h1-4H,5,10H2,(H2,11,14,15). The highest BCUT2D eigenvalue weighted by Crippen LogP contribution is 2.25. The average Bonchev–Trinajstić information content (AvgIpc) is 2.98. The van der Waals surface area contributed by atoms with Crippen LogP contribution >= 0.6 is 0 Å². The number of sulfone groups is 1. The van der Waals surface area contributed by atoms with Crippen molar-refractivity contribution in [1.82, 2.24) is 0 Å².